The zero-order valence-electron chi connectivity index (χ0n) is 15.9. The Kier molecular flexibility index (Phi) is 8.31. The predicted molar refractivity (Wildman–Crippen MR) is 100 cm³/mol. The number of nitrogens with zero attached hydrogens (tertiary/aromatic N) is 1. The molecule has 2 aliphatic rings. The summed E-state index contributed by atoms with van der Waals surface area (Å²) in [6.07, 6.45) is 17.9. The van der Waals surface area contributed by atoms with Gasteiger partial charge in [0.15, 0.2) is 0 Å². The van der Waals surface area contributed by atoms with E-state index in [0.29, 0.717) is 24.5 Å². The summed E-state index contributed by atoms with van der Waals surface area (Å²) in [6.45, 7) is 6.97. The molecule has 2 atom stereocenters. The van der Waals surface area contributed by atoms with E-state index in [1.807, 2.05) is 6.92 Å². The molecule has 138 valence electrons. The molecule has 1 fully saturated rings. The van der Waals surface area contributed by atoms with E-state index >= 15 is 0 Å². The van der Waals surface area contributed by atoms with E-state index in [9.17, 15) is 4.79 Å². The molecular weight excluding hydrogens is 298 g/mol. The number of allylic oxidation sites excluding steroid dienone is 2. The molecule has 1 aliphatic heterocycles. The lowest BCUT2D eigenvalue weighted by molar-refractivity contribution is -0.147. The van der Waals surface area contributed by atoms with Crippen LogP contribution in [0.3, 0.4) is 0 Å². The van der Waals surface area contributed by atoms with Crippen molar-refractivity contribution in [1.82, 2.24) is 4.90 Å². The number of carbonyl (C=O) groups is 1. The van der Waals surface area contributed by atoms with Gasteiger partial charge in [0.25, 0.3) is 0 Å². The second kappa shape index (κ2) is 10.2. The molecule has 0 saturated carbocycles. The third kappa shape index (κ3) is 5.34. The summed E-state index contributed by atoms with van der Waals surface area (Å²) in [5.41, 5.74) is 0.309. The highest BCUT2D eigenvalue weighted by atomic mass is 16.5. The van der Waals surface area contributed by atoms with E-state index in [0.717, 1.165) is 19.5 Å². The monoisotopic (exact) mass is 335 g/mol. The van der Waals surface area contributed by atoms with Gasteiger partial charge < -0.3 is 4.74 Å². The zero-order valence-corrected chi connectivity index (χ0v) is 15.9. The van der Waals surface area contributed by atoms with Gasteiger partial charge in [0.2, 0.25) is 0 Å². The Morgan fingerprint density at radius 1 is 1.17 bits per heavy atom. The van der Waals surface area contributed by atoms with Gasteiger partial charge in [0, 0.05) is 6.04 Å². The normalized spacial score (nSPS) is 27.5. The molecule has 0 aromatic rings. The lowest BCUT2D eigenvalue weighted by Crippen LogP contribution is -2.53. The summed E-state index contributed by atoms with van der Waals surface area (Å²) in [5.74, 6) is -0.00527. The molecule has 2 unspecified atom stereocenters. The highest BCUT2D eigenvalue weighted by molar-refractivity contribution is 5.70. The summed E-state index contributed by atoms with van der Waals surface area (Å²) in [4.78, 5) is 14.9. The fraction of sp³-hybridized carbons (Fsp3) is 0.857. The first-order chi connectivity index (χ1) is 11.7. The van der Waals surface area contributed by atoms with Gasteiger partial charge in [-0.3, -0.25) is 9.69 Å². The van der Waals surface area contributed by atoms with Crippen LogP contribution in [-0.4, -0.2) is 36.6 Å². The van der Waals surface area contributed by atoms with Crippen molar-refractivity contribution >= 4 is 5.97 Å². The molecule has 1 spiro atoms. The number of unbranched alkanes of at least 4 members (excludes halogenated alkanes) is 4. The largest absolute Gasteiger partial charge is 0.466 e. The van der Waals surface area contributed by atoms with E-state index < -0.39 is 0 Å². The highest BCUT2D eigenvalue weighted by Gasteiger charge is 2.44. The van der Waals surface area contributed by atoms with Crippen molar-refractivity contribution in [2.75, 3.05) is 19.7 Å². The predicted octanol–water partition coefficient (Wildman–Crippen LogP) is 5.10. The van der Waals surface area contributed by atoms with Crippen LogP contribution in [0.1, 0.15) is 84.5 Å². The highest BCUT2D eigenvalue weighted by Crippen LogP contribution is 2.46. The van der Waals surface area contributed by atoms with Crippen molar-refractivity contribution in [2.24, 2.45) is 5.41 Å². The van der Waals surface area contributed by atoms with E-state index in [1.54, 1.807) is 0 Å². The first-order valence-electron chi connectivity index (χ1n) is 10.3. The van der Waals surface area contributed by atoms with Crippen molar-refractivity contribution in [1.29, 1.82) is 0 Å². The number of hydrogen-bond donors (Lipinski definition) is 0. The molecule has 1 aliphatic carbocycles. The van der Waals surface area contributed by atoms with Crippen LogP contribution >= 0.6 is 0 Å². The number of ether oxygens (including phenoxy) is 1. The first-order valence-corrected chi connectivity index (χ1v) is 10.3. The third-order valence-electron chi connectivity index (χ3n) is 5.98. The fourth-order valence-corrected chi connectivity index (χ4v) is 4.69. The number of esters is 1. The molecule has 1 heterocycles. The van der Waals surface area contributed by atoms with Crippen molar-refractivity contribution in [3.63, 3.8) is 0 Å². The lowest BCUT2D eigenvalue weighted by atomic mass is 9.65. The van der Waals surface area contributed by atoms with Gasteiger partial charge in [-0.05, 0) is 64.0 Å². The molecule has 3 nitrogen and oxygen atoms in total. The minimum atomic E-state index is -0.00527. The van der Waals surface area contributed by atoms with Crippen LogP contribution in [0.4, 0.5) is 0 Å². The molecule has 1 saturated heterocycles. The Bertz CT molecular complexity index is 407. The van der Waals surface area contributed by atoms with Crippen LogP contribution in [-0.2, 0) is 9.53 Å². The minimum absolute atomic E-state index is 0.00527. The van der Waals surface area contributed by atoms with Gasteiger partial charge in [-0.25, -0.2) is 0 Å². The molecule has 0 bridgehead atoms. The van der Waals surface area contributed by atoms with E-state index in [-0.39, 0.29) is 5.97 Å². The standard InChI is InChI=1S/C21H37NO2/c1-3-5-6-7-11-16-22-17-12-15-21(13-9-8-10-14-21)19(22)18-20(23)24-4-2/h8-9,19H,3-7,10-18H2,1-2H3. The van der Waals surface area contributed by atoms with Crippen molar-refractivity contribution < 1.29 is 9.53 Å². The maximum atomic E-state index is 12.2. The Hall–Kier alpha value is -0.830. The Morgan fingerprint density at radius 2 is 2.00 bits per heavy atom. The summed E-state index contributed by atoms with van der Waals surface area (Å²) >= 11 is 0. The second-order valence-electron chi connectivity index (χ2n) is 7.66. The van der Waals surface area contributed by atoms with Crippen LogP contribution in [0.2, 0.25) is 0 Å². The third-order valence-corrected chi connectivity index (χ3v) is 5.98. The molecular formula is C21H37NO2. The van der Waals surface area contributed by atoms with Gasteiger partial charge in [-0.15, -0.1) is 0 Å². The summed E-state index contributed by atoms with van der Waals surface area (Å²) in [6, 6.07) is 0.376. The minimum Gasteiger partial charge on any atom is -0.466 e. The topological polar surface area (TPSA) is 29.5 Å². The van der Waals surface area contributed by atoms with Crippen molar-refractivity contribution in [3.8, 4) is 0 Å². The van der Waals surface area contributed by atoms with E-state index in [2.05, 4.69) is 24.0 Å². The summed E-state index contributed by atoms with van der Waals surface area (Å²) in [5, 5.41) is 0. The number of carbonyl (C=O) groups excluding carboxylic acids is 1. The second-order valence-corrected chi connectivity index (χ2v) is 7.66. The summed E-state index contributed by atoms with van der Waals surface area (Å²) in [7, 11) is 0. The summed E-state index contributed by atoms with van der Waals surface area (Å²) < 4.78 is 5.30. The van der Waals surface area contributed by atoms with Gasteiger partial charge >= 0.3 is 5.97 Å². The molecule has 24 heavy (non-hydrogen) atoms. The van der Waals surface area contributed by atoms with Crippen LogP contribution in [0, 0.1) is 5.41 Å². The lowest BCUT2D eigenvalue weighted by Gasteiger charge is -2.51. The van der Waals surface area contributed by atoms with Crippen LogP contribution in [0.25, 0.3) is 0 Å². The van der Waals surface area contributed by atoms with Gasteiger partial charge in [-0.1, -0.05) is 44.8 Å². The van der Waals surface area contributed by atoms with Crippen LogP contribution in [0.15, 0.2) is 12.2 Å². The molecule has 0 N–H and O–H groups in total. The SMILES string of the molecule is CCCCCCCN1CCCC2(CC=CCC2)C1CC(=O)OCC. The number of rotatable bonds is 9. The molecule has 0 aromatic carbocycles. The quantitative estimate of drug-likeness (QED) is 0.333. The van der Waals surface area contributed by atoms with Gasteiger partial charge in [0.1, 0.15) is 0 Å². The molecule has 3 heteroatoms. The van der Waals surface area contributed by atoms with Crippen LogP contribution < -0.4 is 0 Å². The Labute approximate surface area is 148 Å². The zero-order chi connectivity index (χ0) is 17.3. The molecule has 0 amide bonds. The number of piperidine rings is 1. The first kappa shape index (κ1) is 19.5. The van der Waals surface area contributed by atoms with E-state index in [1.165, 1.54) is 57.8 Å². The maximum Gasteiger partial charge on any atom is 0.307 e. The number of likely N-dealkylation sites (tertiary alicyclic amines) is 1. The van der Waals surface area contributed by atoms with Crippen molar-refractivity contribution in [2.45, 2.75) is 90.5 Å². The molecule has 0 aromatic heterocycles. The maximum absolute atomic E-state index is 12.2. The Morgan fingerprint density at radius 3 is 2.71 bits per heavy atom. The molecule has 0 radical (unpaired) electrons. The molecule has 2 rings (SSSR count). The average Bonchev–Trinajstić information content (AvgIpc) is 2.59. The fourth-order valence-electron chi connectivity index (χ4n) is 4.69. The smallest absolute Gasteiger partial charge is 0.307 e. The Balaban J connectivity index is 1.99. The van der Waals surface area contributed by atoms with Gasteiger partial charge in [0.05, 0.1) is 13.0 Å². The average molecular weight is 336 g/mol. The van der Waals surface area contributed by atoms with Crippen molar-refractivity contribution in [3.05, 3.63) is 12.2 Å². The van der Waals surface area contributed by atoms with E-state index in [4.69, 9.17) is 4.74 Å². The van der Waals surface area contributed by atoms with Gasteiger partial charge in [-0.2, -0.15) is 0 Å². The number of hydrogen-bond acceptors (Lipinski definition) is 3. The van der Waals surface area contributed by atoms with Crippen LogP contribution in [0.5, 0.6) is 0 Å².